The van der Waals surface area contributed by atoms with Crippen LogP contribution in [0.15, 0.2) is 12.7 Å². The Hall–Kier alpha value is -0.980. The monoisotopic (exact) mass is 833 g/mol. The standard InChI is InChI=1S/C39H76O18/c1-6-7-8-9-56-39-38(55-33-30-51-25-21-47-17-13-43-5)37(54-32-29-50-24-20-46-16-12-42-4)36(53-31-28-49-23-19-45-15-11-41-3)35(57-39)34-52-27-26-48-22-18-44-14-10-40-2/h6,35-39H,1,7-34H2,2-5H3/t35?,36?,37-,38?,39+/m0/s1. The van der Waals surface area contributed by atoms with Gasteiger partial charge in [-0.3, -0.25) is 0 Å². The Morgan fingerprint density at radius 1 is 0.368 bits per heavy atom. The van der Waals surface area contributed by atoms with Gasteiger partial charge in [-0.2, -0.15) is 0 Å². The lowest BCUT2D eigenvalue weighted by Crippen LogP contribution is -2.62. The van der Waals surface area contributed by atoms with Crippen LogP contribution in [0.2, 0.25) is 0 Å². The highest BCUT2D eigenvalue weighted by Gasteiger charge is 2.49. The highest BCUT2D eigenvalue weighted by atomic mass is 16.7. The van der Waals surface area contributed by atoms with Gasteiger partial charge in [-0.1, -0.05) is 6.08 Å². The zero-order valence-corrected chi connectivity index (χ0v) is 35.3. The van der Waals surface area contributed by atoms with Gasteiger partial charge in [0, 0.05) is 28.4 Å². The Morgan fingerprint density at radius 2 is 0.702 bits per heavy atom. The fourth-order valence-corrected chi connectivity index (χ4v) is 5.04. The highest BCUT2D eigenvalue weighted by molar-refractivity contribution is 4.93. The minimum atomic E-state index is -0.790. The van der Waals surface area contributed by atoms with Gasteiger partial charge in [-0.15, -0.1) is 6.58 Å². The first-order valence-corrected chi connectivity index (χ1v) is 20.1. The maximum atomic E-state index is 6.58. The van der Waals surface area contributed by atoms with Crippen LogP contribution in [0.1, 0.15) is 12.8 Å². The Kier molecular flexibility index (Phi) is 40.9. The van der Waals surface area contributed by atoms with Crippen LogP contribution in [0.3, 0.4) is 0 Å². The number of methoxy groups -OCH3 is 4. The summed E-state index contributed by atoms with van der Waals surface area (Å²) in [6, 6.07) is 0. The SMILES string of the molecule is C=CCCCO[C@@H]1OC(COCCOCCOCCOC)C(OCCOCCOCCOC)[C@H](OCCOCCOCCOC)C1OCCOCCOCCOC. The molecule has 18 heteroatoms. The third-order valence-corrected chi connectivity index (χ3v) is 7.91. The van der Waals surface area contributed by atoms with Crippen molar-refractivity contribution in [3.8, 4) is 0 Å². The minimum absolute atomic E-state index is 0.188. The van der Waals surface area contributed by atoms with Crippen molar-refractivity contribution in [3.05, 3.63) is 12.7 Å². The summed E-state index contributed by atoms with van der Waals surface area (Å²) in [5.74, 6) is 0. The molecule has 0 aromatic carbocycles. The molecule has 1 heterocycles. The second-order valence-electron chi connectivity index (χ2n) is 12.3. The van der Waals surface area contributed by atoms with Gasteiger partial charge in [-0.05, 0) is 12.8 Å². The van der Waals surface area contributed by atoms with E-state index in [4.69, 9.17) is 85.3 Å². The average Bonchev–Trinajstić information content (AvgIpc) is 3.22. The molecule has 0 spiro atoms. The van der Waals surface area contributed by atoms with Crippen LogP contribution in [0.4, 0.5) is 0 Å². The summed E-state index contributed by atoms with van der Waals surface area (Å²) < 4.78 is 104. The largest absolute Gasteiger partial charge is 0.382 e. The van der Waals surface area contributed by atoms with Gasteiger partial charge in [0.25, 0.3) is 0 Å². The Bertz CT molecular complexity index is 817. The van der Waals surface area contributed by atoms with E-state index >= 15 is 0 Å². The Labute approximate surface area is 341 Å². The van der Waals surface area contributed by atoms with E-state index in [2.05, 4.69) is 6.58 Å². The fourth-order valence-electron chi connectivity index (χ4n) is 5.04. The van der Waals surface area contributed by atoms with Crippen molar-refractivity contribution < 1.29 is 85.3 Å². The Morgan fingerprint density at radius 3 is 1.09 bits per heavy atom. The van der Waals surface area contributed by atoms with E-state index in [0.29, 0.717) is 145 Å². The number of hydrogen-bond donors (Lipinski definition) is 0. The molecule has 0 aliphatic carbocycles. The van der Waals surface area contributed by atoms with Crippen LogP contribution >= 0.6 is 0 Å². The lowest BCUT2D eigenvalue weighted by Gasteiger charge is -2.45. The van der Waals surface area contributed by atoms with E-state index in [1.165, 1.54) is 0 Å². The number of allylic oxidation sites excluding steroid dienone is 1. The molecule has 0 aromatic heterocycles. The molecule has 0 saturated carbocycles. The smallest absolute Gasteiger partial charge is 0.186 e. The van der Waals surface area contributed by atoms with Crippen molar-refractivity contribution >= 4 is 0 Å². The molecule has 0 aromatic rings. The fraction of sp³-hybridized carbons (Fsp3) is 0.949. The summed E-state index contributed by atoms with van der Waals surface area (Å²) in [6.45, 7) is 14.5. The van der Waals surface area contributed by atoms with Gasteiger partial charge in [0.1, 0.15) is 24.4 Å². The first kappa shape index (κ1) is 54.0. The van der Waals surface area contributed by atoms with Crippen LogP contribution in [-0.4, -0.2) is 231 Å². The molecule has 1 aliphatic heterocycles. The first-order valence-electron chi connectivity index (χ1n) is 20.1. The van der Waals surface area contributed by atoms with Crippen molar-refractivity contribution in [2.24, 2.45) is 0 Å². The summed E-state index contributed by atoms with van der Waals surface area (Å²) in [5.41, 5.74) is 0. The molecule has 1 fully saturated rings. The number of rotatable bonds is 46. The summed E-state index contributed by atoms with van der Waals surface area (Å²) in [4.78, 5) is 0. The summed E-state index contributed by atoms with van der Waals surface area (Å²) >= 11 is 0. The highest BCUT2D eigenvalue weighted by Crippen LogP contribution is 2.29. The molecule has 0 amide bonds. The van der Waals surface area contributed by atoms with Crippen LogP contribution in [0, 0.1) is 0 Å². The van der Waals surface area contributed by atoms with Crippen LogP contribution in [-0.2, 0) is 85.3 Å². The zero-order chi connectivity index (χ0) is 41.1. The quantitative estimate of drug-likeness (QED) is 0.0641. The maximum absolute atomic E-state index is 6.58. The number of hydrogen-bond acceptors (Lipinski definition) is 18. The van der Waals surface area contributed by atoms with E-state index in [9.17, 15) is 0 Å². The summed E-state index contributed by atoms with van der Waals surface area (Å²) in [5, 5.41) is 0. The molecule has 18 nitrogen and oxygen atoms in total. The zero-order valence-electron chi connectivity index (χ0n) is 35.3. The van der Waals surface area contributed by atoms with Gasteiger partial charge in [-0.25, -0.2) is 0 Å². The second-order valence-corrected chi connectivity index (χ2v) is 12.3. The Balaban J connectivity index is 3.03. The molecule has 0 radical (unpaired) electrons. The molecule has 0 N–H and O–H groups in total. The number of unbranched alkanes of at least 4 members (excludes halogenated alkanes) is 1. The molecule has 5 atom stereocenters. The molecular formula is C39H76O18. The first-order chi connectivity index (χ1) is 28.2. The molecule has 1 saturated heterocycles. The van der Waals surface area contributed by atoms with Crippen molar-refractivity contribution in [1.29, 1.82) is 0 Å². The predicted molar refractivity (Wildman–Crippen MR) is 208 cm³/mol. The molecule has 1 rings (SSSR count). The van der Waals surface area contributed by atoms with Crippen LogP contribution in [0.25, 0.3) is 0 Å². The molecule has 3 unspecified atom stereocenters. The predicted octanol–water partition coefficient (Wildman–Crippen LogP) is 1.58. The van der Waals surface area contributed by atoms with Crippen molar-refractivity contribution in [2.75, 3.05) is 200 Å². The van der Waals surface area contributed by atoms with Crippen LogP contribution in [0.5, 0.6) is 0 Å². The van der Waals surface area contributed by atoms with E-state index in [0.717, 1.165) is 12.8 Å². The lowest BCUT2D eigenvalue weighted by atomic mass is 9.98. The van der Waals surface area contributed by atoms with Gasteiger partial charge >= 0.3 is 0 Å². The molecule has 340 valence electrons. The topological polar surface area (TPSA) is 166 Å². The molecule has 1 aliphatic rings. The van der Waals surface area contributed by atoms with E-state index in [1.807, 2.05) is 6.08 Å². The van der Waals surface area contributed by atoms with Gasteiger partial charge < -0.3 is 85.3 Å². The molecule has 57 heavy (non-hydrogen) atoms. The van der Waals surface area contributed by atoms with Crippen molar-refractivity contribution in [1.82, 2.24) is 0 Å². The second kappa shape index (κ2) is 43.1. The number of ether oxygens (including phenoxy) is 18. The van der Waals surface area contributed by atoms with Gasteiger partial charge in [0.2, 0.25) is 0 Å². The summed E-state index contributed by atoms with van der Waals surface area (Å²) in [6.07, 6.45) is 0.107. The van der Waals surface area contributed by atoms with Gasteiger partial charge in [0.15, 0.2) is 6.29 Å². The third kappa shape index (κ3) is 31.5. The summed E-state index contributed by atoms with van der Waals surface area (Å²) in [7, 11) is 6.54. The maximum Gasteiger partial charge on any atom is 0.186 e. The molecule has 0 bridgehead atoms. The van der Waals surface area contributed by atoms with E-state index in [1.54, 1.807) is 28.4 Å². The lowest BCUT2D eigenvalue weighted by molar-refractivity contribution is -0.325. The van der Waals surface area contributed by atoms with E-state index in [-0.39, 0.29) is 26.4 Å². The normalized spacial score (nSPS) is 19.8. The van der Waals surface area contributed by atoms with Crippen molar-refractivity contribution in [3.63, 3.8) is 0 Å². The van der Waals surface area contributed by atoms with Crippen LogP contribution < -0.4 is 0 Å². The average molecular weight is 833 g/mol. The van der Waals surface area contributed by atoms with Crippen molar-refractivity contribution in [2.45, 2.75) is 43.5 Å². The third-order valence-electron chi connectivity index (χ3n) is 7.91. The van der Waals surface area contributed by atoms with E-state index < -0.39 is 30.7 Å². The molecular weight excluding hydrogens is 756 g/mol. The minimum Gasteiger partial charge on any atom is -0.382 e. The van der Waals surface area contributed by atoms with Gasteiger partial charge in [0.05, 0.1) is 172 Å².